The number of rotatable bonds is 0. The molecule has 0 amide bonds. The van der Waals surface area contributed by atoms with Crippen molar-refractivity contribution in [2.75, 3.05) is 0 Å². The van der Waals surface area contributed by atoms with E-state index in [1.165, 1.54) is 80.9 Å². The van der Waals surface area contributed by atoms with Gasteiger partial charge in [-0.25, -0.2) is 0 Å². The summed E-state index contributed by atoms with van der Waals surface area (Å²) < 4.78 is 0. The molecule has 0 aliphatic heterocycles. The molecule has 2 atom stereocenters. The van der Waals surface area contributed by atoms with E-state index < -0.39 is 0 Å². The van der Waals surface area contributed by atoms with Gasteiger partial charge in [0.05, 0.1) is 0 Å². The number of fused-ring (bicyclic) bond motifs is 4. The zero-order valence-electron chi connectivity index (χ0n) is 18.9. The van der Waals surface area contributed by atoms with Crippen LogP contribution in [0.3, 0.4) is 0 Å². The number of carbonyl (C=O) groups excluding carboxylic acids is 1. The molecule has 2 aromatic carbocycles. The fourth-order valence-electron chi connectivity index (χ4n) is 7.17. The van der Waals surface area contributed by atoms with E-state index in [0.29, 0.717) is 11.2 Å². The molecule has 4 aliphatic carbocycles. The van der Waals surface area contributed by atoms with Gasteiger partial charge in [0.25, 0.3) is 0 Å². The number of ketones is 1. The molecule has 2 unspecified atom stereocenters. The van der Waals surface area contributed by atoms with Gasteiger partial charge in [-0.15, -0.1) is 0 Å². The van der Waals surface area contributed by atoms with Gasteiger partial charge in [-0.3, -0.25) is 4.79 Å². The van der Waals surface area contributed by atoms with Crippen LogP contribution in [0.15, 0.2) is 60.7 Å². The first-order chi connectivity index (χ1) is 15.1. The van der Waals surface area contributed by atoms with E-state index >= 15 is 0 Å². The van der Waals surface area contributed by atoms with Crippen LogP contribution in [0.4, 0.5) is 0 Å². The molecule has 0 aromatic heterocycles. The Bertz CT molecular complexity index is 981. The highest BCUT2D eigenvalue weighted by molar-refractivity contribution is 5.81. The summed E-state index contributed by atoms with van der Waals surface area (Å²) >= 11 is 0. The van der Waals surface area contributed by atoms with Crippen LogP contribution in [0.2, 0.25) is 0 Å². The molecule has 4 aliphatic rings. The monoisotopic (exact) mass is 428 g/mol. The molecule has 170 valence electrons. The summed E-state index contributed by atoms with van der Waals surface area (Å²) in [6.45, 7) is 4.21. The van der Waals surface area contributed by atoms with Crippen molar-refractivity contribution in [3.8, 4) is 0 Å². The number of aryl methyl sites for hydroxylation is 2. The number of benzene rings is 2. The number of hydrogen-bond donors (Lipinski definition) is 0. The number of carbonyl (C=O) groups is 1. The third-order valence-electron chi connectivity index (χ3n) is 8.57. The standard InChI is InChI=1S/C15H18O.C15H18.CH4/c16-13-7-4-10-15(11-13)9-3-6-12-5-1-2-8-14(12)15;1-12-5-4-9-15(11-12)10-8-13-6-2-3-7-14(13)15;/h1-2,5,8H,3-4,6-7,9-11H2;2-3,6-7H,1,4-5,8-11H2;1H4. The van der Waals surface area contributed by atoms with E-state index in [4.69, 9.17) is 0 Å². The number of Topliss-reactive ketones (excluding diaryl/α,β-unsaturated/α-hetero) is 1. The van der Waals surface area contributed by atoms with Crippen molar-refractivity contribution in [2.45, 2.75) is 102 Å². The Morgan fingerprint density at radius 2 is 1.16 bits per heavy atom. The minimum absolute atomic E-state index is 0. The van der Waals surface area contributed by atoms with Crippen LogP contribution in [0.25, 0.3) is 0 Å². The van der Waals surface area contributed by atoms with Crippen LogP contribution < -0.4 is 0 Å². The van der Waals surface area contributed by atoms with Crippen LogP contribution in [-0.4, -0.2) is 5.78 Å². The fraction of sp³-hybridized carbons (Fsp3) is 0.516. The molecule has 0 N–H and O–H groups in total. The Hall–Kier alpha value is -2.15. The van der Waals surface area contributed by atoms with Crippen LogP contribution in [0.1, 0.15) is 100 Å². The van der Waals surface area contributed by atoms with Crippen molar-refractivity contribution in [3.05, 3.63) is 82.9 Å². The van der Waals surface area contributed by atoms with Crippen molar-refractivity contribution in [1.29, 1.82) is 0 Å². The molecule has 0 heterocycles. The first-order valence-corrected chi connectivity index (χ1v) is 12.5. The lowest BCUT2D eigenvalue weighted by molar-refractivity contribution is -0.122. The van der Waals surface area contributed by atoms with Crippen molar-refractivity contribution in [3.63, 3.8) is 0 Å². The average molecular weight is 429 g/mol. The normalized spacial score (nSPS) is 28.4. The highest BCUT2D eigenvalue weighted by Crippen LogP contribution is 2.49. The third kappa shape index (κ3) is 4.24. The molecule has 0 radical (unpaired) electrons. The van der Waals surface area contributed by atoms with Gasteiger partial charge >= 0.3 is 0 Å². The van der Waals surface area contributed by atoms with Gasteiger partial charge in [-0.1, -0.05) is 68.1 Å². The Balaban J connectivity index is 0.000000149. The molecular weight excluding hydrogens is 388 g/mol. The largest absolute Gasteiger partial charge is 0.300 e. The summed E-state index contributed by atoms with van der Waals surface area (Å²) in [6.07, 6.45) is 15.4. The molecule has 6 rings (SSSR count). The second-order valence-corrected chi connectivity index (χ2v) is 10.6. The lowest BCUT2D eigenvalue weighted by Gasteiger charge is -2.41. The van der Waals surface area contributed by atoms with Crippen molar-refractivity contribution in [1.82, 2.24) is 0 Å². The van der Waals surface area contributed by atoms with E-state index in [-0.39, 0.29) is 12.8 Å². The van der Waals surface area contributed by atoms with Crippen LogP contribution >= 0.6 is 0 Å². The maximum absolute atomic E-state index is 11.7. The highest BCUT2D eigenvalue weighted by Gasteiger charge is 2.41. The molecule has 2 spiro atoms. The molecule has 1 nitrogen and oxygen atoms in total. The summed E-state index contributed by atoms with van der Waals surface area (Å²) in [7, 11) is 0. The van der Waals surface area contributed by atoms with E-state index in [2.05, 4.69) is 55.1 Å². The quantitative estimate of drug-likeness (QED) is 0.388. The predicted molar refractivity (Wildman–Crippen MR) is 135 cm³/mol. The summed E-state index contributed by atoms with van der Waals surface area (Å²) in [4.78, 5) is 11.7. The van der Waals surface area contributed by atoms with Gasteiger partial charge in [0.2, 0.25) is 0 Å². The van der Waals surface area contributed by atoms with E-state index in [1.54, 1.807) is 11.1 Å². The van der Waals surface area contributed by atoms with Crippen molar-refractivity contribution >= 4 is 5.78 Å². The average Bonchev–Trinajstić information content (AvgIpc) is 3.12. The van der Waals surface area contributed by atoms with Crippen LogP contribution in [-0.2, 0) is 28.5 Å². The van der Waals surface area contributed by atoms with E-state index in [9.17, 15) is 4.79 Å². The molecular formula is C31H40O. The van der Waals surface area contributed by atoms with Gasteiger partial charge in [-0.05, 0) is 98.3 Å². The summed E-state index contributed by atoms with van der Waals surface area (Å²) in [6, 6.07) is 17.8. The zero-order valence-corrected chi connectivity index (χ0v) is 18.9. The Morgan fingerprint density at radius 3 is 1.78 bits per heavy atom. The van der Waals surface area contributed by atoms with Gasteiger partial charge in [0.15, 0.2) is 0 Å². The second kappa shape index (κ2) is 9.38. The van der Waals surface area contributed by atoms with Gasteiger partial charge in [-0.2, -0.15) is 0 Å². The van der Waals surface area contributed by atoms with Crippen molar-refractivity contribution < 1.29 is 4.79 Å². The van der Waals surface area contributed by atoms with Crippen molar-refractivity contribution in [2.24, 2.45) is 0 Å². The molecule has 0 saturated heterocycles. The van der Waals surface area contributed by atoms with Gasteiger partial charge in [0.1, 0.15) is 5.78 Å². The second-order valence-electron chi connectivity index (χ2n) is 10.6. The summed E-state index contributed by atoms with van der Waals surface area (Å²) in [5, 5.41) is 0. The van der Waals surface area contributed by atoms with Gasteiger partial charge in [0, 0.05) is 18.3 Å². The minimum atomic E-state index is 0. The highest BCUT2D eigenvalue weighted by atomic mass is 16.1. The smallest absolute Gasteiger partial charge is 0.133 e. The Kier molecular flexibility index (Phi) is 6.75. The number of allylic oxidation sites excluding steroid dienone is 1. The molecule has 1 heteroatoms. The van der Waals surface area contributed by atoms with Crippen LogP contribution in [0, 0.1) is 0 Å². The Morgan fingerprint density at radius 1 is 0.625 bits per heavy atom. The molecule has 2 fully saturated rings. The fourth-order valence-corrected chi connectivity index (χ4v) is 7.17. The SMILES string of the molecule is C.C=C1CCCC2(CCc3ccccc32)C1.O=C1CCCC2(CCCc3ccccc32)C1. The molecule has 0 bridgehead atoms. The summed E-state index contributed by atoms with van der Waals surface area (Å²) in [5.41, 5.74) is 8.35. The van der Waals surface area contributed by atoms with E-state index in [1.807, 2.05) is 0 Å². The first-order valence-electron chi connectivity index (χ1n) is 12.5. The van der Waals surface area contributed by atoms with E-state index in [0.717, 1.165) is 19.3 Å². The molecule has 2 aromatic rings. The predicted octanol–water partition coefficient (Wildman–Crippen LogP) is 8.04. The minimum Gasteiger partial charge on any atom is -0.300 e. The lowest BCUT2D eigenvalue weighted by atomic mass is 9.62. The maximum atomic E-state index is 11.7. The topological polar surface area (TPSA) is 17.1 Å². The Labute approximate surface area is 195 Å². The number of hydrogen-bond acceptors (Lipinski definition) is 1. The third-order valence-corrected chi connectivity index (χ3v) is 8.57. The van der Waals surface area contributed by atoms with Crippen LogP contribution in [0.5, 0.6) is 0 Å². The van der Waals surface area contributed by atoms with Gasteiger partial charge < -0.3 is 0 Å². The first kappa shape index (κ1) is 23.0. The maximum Gasteiger partial charge on any atom is 0.133 e. The summed E-state index contributed by atoms with van der Waals surface area (Å²) in [5.74, 6) is 0.475. The zero-order chi connectivity index (χ0) is 21.3. The lowest BCUT2D eigenvalue weighted by Crippen LogP contribution is -2.36. The molecule has 32 heavy (non-hydrogen) atoms. The molecule has 2 saturated carbocycles.